The minimum atomic E-state index is -0.764. The summed E-state index contributed by atoms with van der Waals surface area (Å²) in [5, 5.41) is 9.42. The molecule has 3 rings (SSSR count). The number of aliphatic carboxylic acids is 1. The molecule has 0 aromatic heterocycles. The standard InChI is InChI=1S/C19H25NO3/c1-19(2,3)14-8-6-13(7-9-14)17(21)20-10-15(12-4-5-12)16(11-20)18(22)23/h6-9,12,15-16H,4-5,10-11H2,1-3H3,(H,22,23)/t15-,16+/m1/s1. The van der Waals surface area contributed by atoms with E-state index in [0.717, 1.165) is 12.8 Å². The van der Waals surface area contributed by atoms with E-state index in [0.29, 0.717) is 24.6 Å². The number of carbonyl (C=O) groups is 2. The Labute approximate surface area is 137 Å². The highest BCUT2D eigenvalue weighted by atomic mass is 16.4. The molecule has 2 aliphatic rings. The number of carbonyl (C=O) groups excluding carboxylic acids is 1. The Morgan fingerprint density at radius 3 is 2.17 bits per heavy atom. The van der Waals surface area contributed by atoms with E-state index in [1.807, 2.05) is 24.3 Å². The smallest absolute Gasteiger partial charge is 0.308 e. The normalized spacial score (nSPS) is 24.7. The average molecular weight is 315 g/mol. The number of hydrogen-bond acceptors (Lipinski definition) is 2. The first-order valence-corrected chi connectivity index (χ1v) is 8.40. The van der Waals surface area contributed by atoms with E-state index >= 15 is 0 Å². The molecule has 2 fully saturated rings. The topological polar surface area (TPSA) is 57.6 Å². The zero-order valence-corrected chi connectivity index (χ0v) is 14.1. The lowest BCUT2D eigenvalue weighted by atomic mass is 9.86. The van der Waals surface area contributed by atoms with Gasteiger partial charge in [-0.3, -0.25) is 9.59 Å². The molecular weight excluding hydrogens is 290 g/mol. The molecule has 1 aliphatic carbocycles. The summed E-state index contributed by atoms with van der Waals surface area (Å²) in [7, 11) is 0. The quantitative estimate of drug-likeness (QED) is 0.932. The lowest BCUT2D eigenvalue weighted by molar-refractivity contribution is -0.142. The number of benzene rings is 1. The molecule has 2 atom stereocenters. The highest BCUT2D eigenvalue weighted by Crippen LogP contribution is 2.44. The number of carboxylic acid groups (broad SMARTS) is 1. The summed E-state index contributed by atoms with van der Waals surface area (Å²) in [5.41, 5.74) is 1.90. The van der Waals surface area contributed by atoms with Gasteiger partial charge in [-0.25, -0.2) is 0 Å². The summed E-state index contributed by atoms with van der Waals surface area (Å²) in [6.45, 7) is 7.35. The van der Waals surface area contributed by atoms with Gasteiger partial charge < -0.3 is 10.0 Å². The molecule has 0 bridgehead atoms. The van der Waals surface area contributed by atoms with Gasteiger partial charge in [0.1, 0.15) is 0 Å². The Bertz CT molecular complexity index is 610. The predicted molar refractivity (Wildman–Crippen MR) is 88.4 cm³/mol. The first kappa shape index (κ1) is 16.0. The van der Waals surface area contributed by atoms with Gasteiger partial charge in [0.15, 0.2) is 0 Å². The van der Waals surface area contributed by atoms with Crippen molar-refractivity contribution in [1.82, 2.24) is 4.90 Å². The van der Waals surface area contributed by atoms with Crippen LogP contribution in [0.5, 0.6) is 0 Å². The number of amides is 1. The fourth-order valence-corrected chi connectivity index (χ4v) is 3.55. The van der Waals surface area contributed by atoms with Crippen LogP contribution in [-0.4, -0.2) is 35.0 Å². The van der Waals surface area contributed by atoms with Gasteiger partial charge in [0.2, 0.25) is 0 Å². The van der Waals surface area contributed by atoms with Crippen molar-refractivity contribution in [2.45, 2.75) is 39.0 Å². The van der Waals surface area contributed by atoms with Crippen LogP contribution in [0.1, 0.15) is 49.5 Å². The van der Waals surface area contributed by atoms with Gasteiger partial charge in [0.25, 0.3) is 5.91 Å². The molecule has 124 valence electrons. The van der Waals surface area contributed by atoms with Crippen molar-refractivity contribution >= 4 is 11.9 Å². The lowest BCUT2D eigenvalue weighted by Crippen LogP contribution is -2.30. The van der Waals surface area contributed by atoms with Crippen LogP contribution in [0.2, 0.25) is 0 Å². The summed E-state index contributed by atoms with van der Waals surface area (Å²) in [6, 6.07) is 7.72. The van der Waals surface area contributed by atoms with Crippen molar-refractivity contribution in [3.63, 3.8) is 0 Å². The molecule has 1 aromatic carbocycles. The van der Waals surface area contributed by atoms with E-state index in [9.17, 15) is 14.7 Å². The molecule has 1 aliphatic heterocycles. The summed E-state index contributed by atoms with van der Waals surface area (Å²) in [5.74, 6) is -0.581. The molecule has 1 saturated carbocycles. The van der Waals surface area contributed by atoms with Crippen molar-refractivity contribution in [2.24, 2.45) is 17.8 Å². The van der Waals surface area contributed by atoms with Crippen molar-refractivity contribution in [1.29, 1.82) is 0 Å². The maximum absolute atomic E-state index is 12.7. The monoisotopic (exact) mass is 315 g/mol. The molecule has 0 spiro atoms. The molecule has 4 heteroatoms. The SMILES string of the molecule is CC(C)(C)c1ccc(C(=O)N2C[C@H](C(=O)O)[C@@H](C3CC3)C2)cc1. The minimum Gasteiger partial charge on any atom is -0.481 e. The second kappa shape index (κ2) is 5.66. The van der Waals surface area contributed by atoms with Crippen LogP contribution < -0.4 is 0 Å². The summed E-state index contributed by atoms with van der Waals surface area (Å²) in [4.78, 5) is 25.9. The highest BCUT2D eigenvalue weighted by molar-refractivity contribution is 5.95. The highest BCUT2D eigenvalue weighted by Gasteiger charge is 2.46. The van der Waals surface area contributed by atoms with Gasteiger partial charge in [0, 0.05) is 18.7 Å². The fraction of sp³-hybridized carbons (Fsp3) is 0.579. The van der Waals surface area contributed by atoms with E-state index in [1.54, 1.807) is 4.90 Å². The van der Waals surface area contributed by atoms with Gasteiger partial charge >= 0.3 is 5.97 Å². The van der Waals surface area contributed by atoms with Gasteiger partial charge in [-0.1, -0.05) is 32.9 Å². The van der Waals surface area contributed by atoms with Crippen LogP contribution in [0.3, 0.4) is 0 Å². The first-order chi connectivity index (χ1) is 10.8. The Hall–Kier alpha value is -1.84. The number of rotatable bonds is 3. The van der Waals surface area contributed by atoms with Gasteiger partial charge in [-0.2, -0.15) is 0 Å². The van der Waals surface area contributed by atoms with Crippen molar-refractivity contribution in [3.8, 4) is 0 Å². The minimum absolute atomic E-state index is 0.0418. The number of nitrogens with zero attached hydrogens (tertiary/aromatic N) is 1. The van der Waals surface area contributed by atoms with E-state index in [1.165, 1.54) is 5.56 Å². The van der Waals surface area contributed by atoms with Crippen LogP contribution in [0, 0.1) is 17.8 Å². The van der Waals surface area contributed by atoms with Crippen molar-refractivity contribution in [3.05, 3.63) is 35.4 Å². The third-order valence-electron chi connectivity index (χ3n) is 5.19. The van der Waals surface area contributed by atoms with Crippen molar-refractivity contribution in [2.75, 3.05) is 13.1 Å². The van der Waals surface area contributed by atoms with Crippen LogP contribution in [0.15, 0.2) is 24.3 Å². The molecule has 1 N–H and O–H groups in total. The van der Waals surface area contributed by atoms with Crippen LogP contribution >= 0.6 is 0 Å². The molecule has 1 amide bonds. The molecule has 1 heterocycles. The van der Waals surface area contributed by atoms with E-state index in [-0.39, 0.29) is 17.2 Å². The molecule has 4 nitrogen and oxygen atoms in total. The van der Waals surface area contributed by atoms with Gasteiger partial charge in [-0.05, 0) is 47.8 Å². The first-order valence-electron chi connectivity index (χ1n) is 8.40. The van der Waals surface area contributed by atoms with E-state index < -0.39 is 11.9 Å². The summed E-state index contributed by atoms with van der Waals surface area (Å²) in [6.07, 6.45) is 2.22. The third kappa shape index (κ3) is 3.26. The molecule has 0 radical (unpaired) electrons. The second-order valence-electron chi connectivity index (χ2n) is 7.98. The van der Waals surface area contributed by atoms with Gasteiger partial charge in [0.05, 0.1) is 5.92 Å². The number of likely N-dealkylation sites (tertiary alicyclic amines) is 1. The van der Waals surface area contributed by atoms with E-state index in [2.05, 4.69) is 20.8 Å². The average Bonchev–Trinajstić information content (AvgIpc) is 3.24. The largest absolute Gasteiger partial charge is 0.481 e. The predicted octanol–water partition coefficient (Wildman–Crippen LogP) is 3.17. The van der Waals surface area contributed by atoms with Crippen LogP contribution in [0.4, 0.5) is 0 Å². The second-order valence-corrected chi connectivity index (χ2v) is 7.98. The Morgan fingerprint density at radius 1 is 1.09 bits per heavy atom. The van der Waals surface area contributed by atoms with Crippen LogP contribution in [-0.2, 0) is 10.2 Å². The third-order valence-corrected chi connectivity index (χ3v) is 5.19. The summed E-state index contributed by atoms with van der Waals surface area (Å²) >= 11 is 0. The number of hydrogen-bond donors (Lipinski definition) is 1. The Morgan fingerprint density at radius 2 is 1.70 bits per heavy atom. The molecule has 0 unspecified atom stereocenters. The maximum Gasteiger partial charge on any atom is 0.308 e. The van der Waals surface area contributed by atoms with E-state index in [4.69, 9.17) is 0 Å². The van der Waals surface area contributed by atoms with Crippen molar-refractivity contribution < 1.29 is 14.7 Å². The Kier molecular flexibility index (Phi) is 3.95. The Balaban J connectivity index is 1.74. The van der Waals surface area contributed by atoms with Gasteiger partial charge in [-0.15, -0.1) is 0 Å². The molecule has 23 heavy (non-hydrogen) atoms. The summed E-state index contributed by atoms with van der Waals surface area (Å²) < 4.78 is 0. The zero-order chi connectivity index (χ0) is 16.8. The maximum atomic E-state index is 12.7. The molecular formula is C19H25NO3. The zero-order valence-electron chi connectivity index (χ0n) is 14.1. The molecule has 1 saturated heterocycles. The number of carboxylic acids is 1. The fourth-order valence-electron chi connectivity index (χ4n) is 3.55. The lowest BCUT2D eigenvalue weighted by Gasteiger charge is -2.20. The van der Waals surface area contributed by atoms with Crippen LogP contribution in [0.25, 0.3) is 0 Å². The molecule has 1 aromatic rings.